The average Bonchev–Trinajstić information content (AvgIpc) is 2.92. The highest BCUT2D eigenvalue weighted by molar-refractivity contribution is 6.02. The summed E-state index contributed by atoms with van der Waals surface area (Å²) in [5, 5.41) is 12.6. The molecular weight excluding hydrogens is 473 g/mol. The fourth-order valence-corrected chi connectivity index (χ4v) is 3.73. The molecule has 4 aromatic rings. The summed E-state index contributed by atoms with van der Waals surface area (Å²) >= 11 is 0. The van der Waals surface area contributed by atoms with Crippen LogP contribution in [-0.4, -0.2) is 47.8 Å². The second-order valence-electron chi connectivity index (χ2n) is 8.16. The second kappa shape index (κ2) is 12.6. The molecule has 2 N–H and O–H groups in total. The van der Waals surface area contributed by atoms with E-state index in [9.17, 15) is 14.3 Å². The van der Waals surface area contributed by atoms with Gasteiger partial charge in [0.1, 0.15) is 30.2 Å². The summed E-state index contributed by atoms with van der Waals surface area (Å²) in [6, 6.07) is 17.7. The van der Waals surface area contributed by atoms with Crippen LogP contribution in [0.2, 0.25) is 0 Å². The molecule has 2 aromatic carbocycles. The van der Waals surface area contributed by atoms with Gasteiger partial charge in [-0.25, -0.2) is 9.37 Å². The summed E-state index contributed by atoms with van der Waals surface area (Å²) in [5.74, 6) is 4.92. The Bertz CT molecular complexity index is 1430. The number of aromatic nitrogens is 2. The number of fused-ring (bicyclic) bond motifs is 1. The third-order valence-corrected chi connectivity index (χ3v) is 5.49. The lowest BCUT2D eigenvalue weighted by molar-refractivity contribution is 0.0927. The summed E-state index contributed by atoms with van der Waals surface area (Å²) in [6.07, 6.45) is 2.20. The molecule has 0 radical (unpaired) electrons. The standard InChI is InChI=1S/C29H26FN3O4/c1-36-15-13-31-29(35)27-28(37-19-21-6-3-2-4-7-21)26-24(25(33-27)8-5-14-34)17-22(18-32-26)16-20-9-11-23(30)12-10-20/h2-4,6-7,9-12,17-18,34H,13-16,19H2,1H3,(H,31,35). The van der Waals surface area contributed by atoms with Crippen LogP contribution in [0.25, 0.3) is 10.9 Å². The molecule has 188 valence electrons. The molecule has 0 fully saturated rings. The van der Waals surface area contributed by atoms with Gasteiger partial charge in [-0.2, -0.15) is 0 Å². The molecule has 0 atom stereocenters. The van der Waals surface area contributed by atoms with Crippen molar-refractivity contribution in [3.63, 3.8) is 0 Å². The zero-order valence-electron chi connectivity index (χ0n) is 20.3. The van der Waals surface area contributed by atoms with Crippen LogP contribution in [0.5, 0.6) is 5.75 Å². The Hall–Kier alpha value is -4.32. The van der Waals surface area contributed by atoms with E-state index in [1.54, 1.807) is 25.4 Å². The number of methoxy groups -OCH3 is 1. The first-order chi connectivity index (χ1) is 18.1. The number of ether oxygens (including phenoxy) is 2. The van der Waals surface area contributed by atoms with E-state index < -0.39 is 5.91 Å². The minimum atomic E-state index is -0.453. The summed E-state index contributed by atoms with van der Waals surface area (Å²) < 4.78 is 24.5. The molecule has 0 aliphatic rings. The van der Waals surface area contributed by atoms with Gasteiger partial charge in [0.05, 0.1) is 6.61 Å². The molecule has 37 heavy (non-hydrogen) atoms. The molecule has 0 unspecified atom stereocenters. The van der Waals surface area contributed by atoms with E-state index in [1.165, 1.54) is 12.1 Å². The van der Waals surface area contributed by atoms with E-state index in [2.05, 4.69) is 27.1 Å². The fourth-order valence-electron chi connectivity index (χ4n) is 3.73. The number of carbonyl (C=O) groups is 1. The Morgan fingerprint density at radius 1 is 1.08 bits per heavy atom. The monoisotopic (exact) mass is 499 g/mol. The normalized spacial score (nSPS) is 10.6. The van der Waals surface area contributed by atoms with Gasteiger partial charge in [0, 0.05) is 25.2 Å². The Balaban J connectivity index is 1.80. The number of aliphatic hydroxyl groups excluding tert-OH is 1. The van der Waals surface area contributed by atoms with Gasteiger partial charge in [0.2, 0.25) is 0 Å². The SMILES string of the molecule is COCCNC(=O)c1nc(C#CCO)c2cc(Cc3ccc(F)cc3)cnc2c1OCc1ccccc1. The lowest BCUT2D eigenvalue weighted by atomic mass is 10.0. The summed E-state index contributed by atoms with van der Waals surface area (Å²) in [5.41, 5.74) is 3.43. The third kappa shape index (κ3) is 6.67. The van der Waals surface area contributed by atoms with E-state index in [0.717, 1.165) is 16.7 Å². The topological polar surface area (TPSA) is 93.6 Å². The maximum Gasteiger partial charge on any atom is 0.273 e. The molecule has 4 rings (SSSR count). The molecule has 0 saturated carbocycles. The smallest absolute Gasteiger partial charge is 0.273 e. The Labute approximate surface area is 214 Å². The van der Waals surface area contributed by atoms with Gasteiger partial charge in [-0.15, -0.1) is 0 Å². The predicted molar refractivity (Wildman–Crippen MR) is 138 cm³/mol. The van der Waals surface area contributed by atoms with Crippen molar-refractivity contribution in [1.82, 2.24) is 15.3 Å². The molecule has 2 heterocycles. The van der Waals surface area contributed by atoms with E-state index in [4.69, 9.17) is 9.47 Å². The van der Waals surface area contributed by atoms with Gasteiger partial charge in [-0.3, -0.25) is 9.78 Å². The van der Waals surface area contributed by atoms with Gasteiger partial charge in [-0.1, -0.05) is 48.4 Å². The molecular formula is C29H26FN3O4. The number of pyridine rings is 2. The number of amides is 1. The minimum absolute atomic E-state index is 0.0422. The van der Waals surface area contributed by atoms with E-state index in [1.807, 2.05) is 36.4 Å². The van der Waals surface area contributed by atoms with Crippen molar-refractivity contribution in [2.45, 2.75) is 13.0 Å². The van der Waals surface area contributed by atoms with Crippen LogP contribution in [0, 0.1) is 17.7 Å². The molecule has 0 spiro atoms. The lowest BCUT2D eigenvalue weighted by Gasteiger charge is -2.15. The van der Waals surface area contributed by atoms with Crippen molar-refractivity contribution < 1.29 is 23.8 Å². The minimum Gasteiger partial charge on any atom is -0.484 e. The number of hydrogen-bond acceptors (Lipinski definition) is 6. The van der Waals surface area contributed by atoms with Gasteiger partial charge in [0.25, 0.3) is 5.91 Å². The number of rotatable bonds is 9. The Morgan fingerprint density at radius 3 is 2.59 bits per heavy atom. The number of nitrogens with one attached hydrogen (secondary N) is 1. The van der Waals surface area contributed by atoms with Gasteiger partial charge in [0.15, 0.2) is 11.4 Å². The average molecular weight is 500 g/mol. The summed E-state index contributed by atoms with van der Waals surface area (Å²) in [7, 11) is 1.55. The van der Waals surface area contributed by atoms with Crippen molar-refractivity contribution in [3.8, 4) is 17.6 Å². The van der Waals surface area contributed by atoms with Crippen molar-refractivity contribution in [3.05, 3.63) is 101 Å². The maximum absolute atomic E-state index is 13.3. The molecule has 0 saturated heterocycles. The van der Waals surface area contributed by atoms with Crippen molar-refractivity contribution in [2.75, 3.05) is 26.9 Å². The van der Waals surface area contributed by atoms with E-state index in [0.29, 0.717) is 29.6 Å². The fraction of sp³-hybridized carbons (Fsp3) is 0.207. The number of benzene rings is 2. The first-order valence-corrected chi connectivity index (χ1v) is 11.7. The highest BCUT2D eigenvalue weighted by atomic mass is 19.1. The number of carbonyl (C=O) groups excluding carboxylic acids is 1. The van der Waals surface area contributed by atoms with Crippen LogP contribution in [0.15, 0.2) is 66.9 Å². The Kier molecular flexibility index (Phi) is 8.76. The van der Waals surface area contributed by atoms with Gasteiger partial charge in [-0.05, 0) is 47.2 Å². The van der Waals surface area contributed by atoms with Crippen molar-refractivity contribution in [2.24, 2.45) is 0 Å². The van der Waals surface area contributed by atoms with E-state index in [-0.39, 0.29) is 37.0 Å². The zero-order valence-corrected chi connectivity index (χ0v) is 20.3. The number of hydrogen-bond donors (Lipinski definition) is 2. The van der Waals surface area contributed by atoms with Gasteiger partial charge < -0.3 is 19.9 Å². The van der Waals surface area contributed by atoms with Crippen LogP contribution in [0.1, 0.15) is 32.9 Å². The molecule has 0 bridgehead atoms. The maximum atomic E-state index is 13.3. The number of aliphatic hydroxyl groups is 1. The Morgan fingerprint density at radius 2 is 1.86 bits per heavy atom. The lowest BCUT2D eigenvalue weighted by Crippen LogP contribution is -2.28. The largest absolute Gasteiger partial charge is 0.484 e. The quantitative estimate of drug-likeness (QED) is 0.270. The van der Waals surface area contributed by atoms with Gasteiger partial charge >= 0.3 is 0 Å². The molecule has 8 heteroatoms. The third-order valence-electron chi connectivity index (χ3n) is 5.49. The first kappa shape index (κ1) is 25.8. The molecule has 0 aliphatic carbocycles. The first-order valence-electron chi connectivity index (χ1n) is 11.7. The van der Waals surface area contributed by atoms with Crippen molar-refractivity contribution in [1.29, 1.82) is 0 Å². The summed E-state index contributed by atoms with van der Waals surface area (Å²) in [6.45, 7) is 0.459. The number of nitrogens with zero attached hydrogens (tertiary/aromatic N) is 2. The highest BCUT2D eigenvalue weighted by Gasteiger charge is 2.22. The van der Waals surface area contributed by atoms with Crippen molar-refractivity contribution >= 4 is 16.8 Å². The number of halogens is 1. The second-order valence-corrected chi connectivity index (χ2v) is 8.16. The summed E-state index contributed by atoms with van der Waals surface area (Å²) in [4.78, 5) is 22.3. The van der Waals surface area contributed by atoms with Crippen LogP contribution >= 0.6 is 0 Å². The molecule has 0 aliphatic heterocycles. The predicted octanol–water partition coefficient (Wildman–Crippen LogP) is 3.66. The zero-order chi connectivity index (χ0) is 26.0. The van der Waals surface area contributed by atoms with E-state index >= 15 is 0 Å². The highest BCUT2D eigenvalue weighted by Crippen LogP contribution is 2.31. The molecule has 7 nitrogen and oxygen atoms in total. The van der Waals surface area contributed by atoms with Crippen LogP contribution < -0.4 is 10.1 Å². The molecule has 2 aromatic heterocycles. The van der Waals surface area contributed by atoms with Crippen LogP contribution in [0.3, 0.4) is 0 Å². The van der Waals surface area contributed by atoms with Crippen LogP contribution in [0.4, 0.5) is 4.39 Å². The molecule has 1 amide bonds. The van der Waals surface area contributed by atoms with Crippen LogP contribution in [-0.2, 0) is 17.8 Å².